The minimum atomic E-state index is 0.345. The van der Waals surface area contributed by atoms with Gasteiger partial charge in [0.2, 0.25) is 0 Å². The van der Waals surface area contributed by atoms with Crippen LogP contribution in [0.2, 0.25) is 0 Å². The number of halogens is 1. The number of rotatable bonds is 4. The van der Waals surface area contributed by atoms with Crippen molar-refractivity contribution in [3.63, 3.8) is 0 Å². The van der Waals surface area contributed by atoms with Gasteiger partial charge < -0.3 is 4.57 Å². The van der Waals surface area contributed by atoms with Gasteiger partial charge in [-0.3, -0.25) is 0 Å². The molecular formula is C17H20ClN3. The molecule has 1 heterocycles. The molecule has 1 aromatic carbocycles. The number of nitrogens with zero attached hydrogens (tertiary/aromatic N) is 3. The highest BCUT2D eigenvalue weighted by molar-refractivity contribution is 6.17. The van der Waals surface area contributed by atoms with Crippen molar-refractivity contribution in [3.8, 4) is 6.07 Å². The van der Waals surface area contributed by atoms with Gasteiger partial charge in [-0.15, -0.1) is 11.6 Å². The Balaban J connectivity index is 2.10. The molecule has 1 saturated carbocycles. The lowest BCUT2D eigenvalue weighted by Gasteiger charge is -2.25. The largest absolute Gasteiger partial charge is 0.327 e. The number of hydrogen-bond acceptors (Lipinski definition) is 2. The predicted octanol–water partition coefficient (Wildman–Crippen LogP) is 4.27. The van der Waals surface area contributed by atoms with Crippen molar-refractivity contribution in [1.29, 1.82) is 5.26 Å². The first-order valence-electron chi connectivity index (χ1n) is 7.61. The Morgan fingerprint density at radius 3 is 2.81 bits per heavy atom. The van der Waals surface area contributed by atoms with Gasteiger partial charge in [-0.05, 0) is 30.4 Å². The zero-order valence-electron chi connectivity index (χ0n) is 12.4. The van der Waals surface area contributed by atoms with Gasteiger partial charge in [-0.25, -0.2) is 4.98 Å². The third kappa shape index (κ3) is 2.65. The summed E-state index contributed by atoms with van der Waals surface area (Å²) in [6.45, 7) is 3.34. The Morgan fingerprint density at radius 1 is 1.38 bits per heavy atom. The molecule has 0 aliphatic heterocycles. The van der Waals surface area contributed by atoms with Gasteiger partial charge in [0.05, 0.1) is 11.1 Å². The van der Waals surface area contributed by atoms with Gasteiger partial charge in [0.25, 0.3) is 0 Å². The van der Waals surface area contributed by atoms with Crippen LogP contribution >= 0.6 is 11.6 Å². The van der Waals surface area contributed by atoms with Gasteiger partial charge >= 0.3 is 0 Å². The number of para-hydroxylation sites is 1. The molecular weight excluding hydrogens is 282 g/mol. The standard InChI is InChI=1S/C17H20ClN3/c1-17(8-2-3-9-17)12-21-14-6-4-5-13(11-19)16(14)20-15(21)7-10-18/h4-6H,2-3,7-10,12H2,1H3. The molecule has 1 aromatic heterocycles. The highest BCUT2D eigenvalue weighted by Crippen LogP contribution is 2.40. The van der Waals surface area contributed by atoms with Gasteiger partial charge in [0.15, 0.2) is 0 Å². The van der Waals surface area contributed by atoms with Crippen molar-refractivity contribution >= 4 is 22.6 Å². The molecule has 0 radical (unpaired) electrons. The second kappa shape index (κ2) is 5.69. The summed E-state index contributed by atoms with van der Waals surface area (Å²) >= 11 is 5.94. The Bertz CT molecular complexity index is 690. The average Bonchev–Trinajstić information content (AvgIpc) is 3.05. The molecule has 1 aliphatic carbocycles. The first kappa shape index (κ1) is 14.4. The fourth-order valence-corrected chi connectivity index (χ4v) is 3.67. The lowest BCUT2D eigenvalue weighted by atomic mass is 9.88. The van der Waals surface area contributed by atoms with E-state index in [1.807, 2.05) is 12.1 Å². The van der Waals surface area contributed by atoms with Gasteiger partial charge in [-0.2, -0.15) is 5.26 Å². The number of fused-ring (bicyclic) bond motifs is 1. The summed E-state index contributed by atoms with van der Waals surface area (Å²) in [6, 6.07) is 8.10. The maximum atomic E-state index is 9.28. The summed E-state index contributed by atoms with van der Waals surface area (Å²) < 4.78 is 2.30. The van der Waals surface area contributed by atoms with Crippen LogP contribution in [-0.4, -0.2) is 15.4 Å². The van der Waals surface area contributed by atoms with E-state index < -0.39 is 0 Å². The Labute approximate surface area is 130 Å². The number of benzene rings is 1. The SMILES string of the molecule is CC1(Cn2c(CCCl)nc3c(C#N)cccc32)CCCC1. The zero-order chi connectivity index (χ0) is 14.9. The number of hydrogen-bond donors (Lipinski definition) is 0. The molecule has 3 nitrogen and oxygen atoms in total. The molecule has 2 aromatic rings. The molecule has 1 aliphatic rings. The molecule has 0 atom stereocenters. The summed E-state index contributed by atoms with van der Waals surface area (Å²) in [5.41, 5.74) is 2.89. The Kier molecular flexibility index (Phi) is 3.91. The number of alkyl halides is 1. The maximum absolute atomic E-state index is 9.28. The molecule has 0 bridgehead atoms. The Hall–Kier alpha value is -1.53. The topological polar surface area (TPSA) is 41.6 Å². The molecule has 0 N–H and O–H groups in total. The summed E-state index contributed by atoms with van der Waals surface area (Å²) in [7, 11) is 0. The predicted molar refractivity (Wildman–Crippen MR) is 85.4 cm³/mol. The monoisotopic (exact) mass is 301 g/mol. The third-order valence-electron chi connectivity index (χ3n) is 4.65. The molecule has 0 amide bonds. The van der Waals surface area contributed by atoms with Gasteiger partial charge in [0.1, 0.15) is 17.4 Å². The first-order valence-corrected chi connectivity index (χ1v) is 8.14. The molecule has 21 heavy (non-hydrogen) atoms. The fourth-order valence-electron chi connectivity index (χ4n) is 3.51. The van der Waals surface area contributed by atoms with E-state index in [9.17, 15) is 5.26 Å². The van der Waals surface area contributed by atoms with E-state index in [1.165, 1.54) is 25.7 Å². The van der Waals surface area contributed by atoms with Crippen LogP contribution in [0.25, 0.3) is 11.0 Å². The molecule has 0 unspecified atom stereocenters. The minimum Gasteiger partial charge on any atom is -0.327 e. The van der Waals surface area contributed by atoms with E-state index in [-0.39, 0.29) is 0 Å². The van der Waals surface area contributed by atoms with Crippen LogP contribution in [0.4, 0.5) is 0 Å². The third-order valence-corrected chi connectivity index (χ3v) is 4.84. The van der Waals surface area contributed by atoms with Crippen LogP contribution in [0, 0.1) is 16.7 Å². The summed E-state index contributed by atoms with van der Waals surface area (Å²) in [5, 5.41) is 9.28. The van der Waals surface area contributed by atoms with Crippen LogP contribution in [0.15, 0.2) is 18.2 Å². The summed E-state index contributed by atoms with van der Waals surface area (Å²) in [5.74, 6) is 1.57. The highest BCUT2D eigenvalue weighted by Gasteiger charge is 2.30. The summed E-state index contributed by atoms with van der Waals surface area (Å²) in [4.78, 5) is 4.70. The Morgan fingerprint density at radius 2 is 2.14 bits per heavy atom. The van der Waals surface area contributed by atoms with E-state index in [0.717, 1.165) is 29.8 Å². The molecule has 0 saturated heterocycles. The second-order valence-corrected chi connectivity index (χ2v) is 6.73. The molecule has 3 rings (SSSR count). The summed E-state index contributed by atoms with van der Waals surface area (Å²) in [6.07, 6.45) is 5.92. The van der Waals surface area contributed by atoms with Crippen molar-refractivity contribution in [1.82, 2.24) is 9.55 Å². The van der Waals surface area contributed by atoms with Crippen molar-refractivity contribution in [2.24, 2.45) is 5.41 Å². The second-order valence-electron chi connectivity index (χ2n) is 6.36. The first-order chi connectivity index (χ1) is 10.2. The fraction of sp³-hybridized carbons (Fsp3) is 0.529. The molecule has 1 fully saturated rings. The maximum Gasteiger partial charge on any atom is 0.111 e. The van der Waals surface area contributed by atoms with Gasteiger partial charge in [-0.1, -0.05) is 25.8 Å². The van der Waals surface area contributed by atoms with E-state index in [2.05, 4.69) is 23.6 Å². The van der Waals surface area contributed by atoms with Crippen LogP contribution in [0.5, 0.6) is 0 Å². The van der Waals surface area contributed by atoms with Crippen LogP contribution in [0.3, 0.4) is 0 Å². The van der Waals surface area contributed by atoms with E-state index in [0.29, 0.717) is 16.9 Å². The van der Waals surface area contributed by atoms with Gasteiger partial charge in [0, 0.05) is 18.8 Å². The number of aryl methyl sites for hydroxylation is 1. The van der Waals surface area contributed by atoms with Crippen molar-refractivity contribution in [3.05, 3.63) is 29.6 Å². The average molecular weight is 302 g/mol. The van der Waals surface area contributed by atoms with Crippen molar-refractivity contribution in [2.45, 2.75) is 45.6 Å². The minimum absolute atomic E-state index is 0.345. The lowest BCUT2D eigenvalue weighted by Crippen LogP contribution is -2.21. The lowest BCUT2D eigenvalue weighted by molar-refractivity contribution is 0.282. The smallest absolute Gasteiger partial charge is 0.111 e. The quantitative estimate of drug-likeness (QED) is 0.791. The zero-order valence-corrected chi connectivity index (χ0v) is 13.2. The van der Waals surface area contributed by atoms with E-state index >= 15 is 0 Å². The van der Waals surface area contributed by atoms with E-state index in [1.54, 1.807) is 0 Å². The van der Waals surface area contributed by atoms with Crippen LogP contribution in [-0.2, 0) is 13.0 Å². The number of nitriles is 1. The normalized spacial score (nSPS) is 17.2. The molecule has 110 valence electrons. The molecule has 0 spiro atoms. The van der Waals surface area contributed by atoms with Crippen molar-refractivity contribution in [2.75, 3.05) is 5.88 Å². The number of imidazole rings is 1. The van der Waals surface area contributed by atoms with Crippen LogP contribution < -0.4 is 0 Å². The van der Waals surface area contributed by atoms with E-state index in [4.69, 9.17) is 16.6 Å². The van der Waals surface area contributed by atoms with Crippen molar-refractivity contribution < 1.29 is 0 Å². The highest BCUT2D eigenvalue weighted by atomic mass is 35.5. The molecule has 4 heteroatoms. The number of aromatic nitrogens is 2. The van der Waals surface area contributed by atoms with Crippen LogP contribution in [0.1, 0.15) is 44.0 Å².